The normalized spacial score (nSPS) is 14.9. The predicted molar refractivity (Wildman–Crippen MR) is 98.1 cm³/mol. The molecule has 0 aliphatic heterocycles. The van der Waals surface area contributed by atoms with Gasteiger partial charge in [0.25, 0.3) is 5.69 Å². The summed E-state index contributed by atoms with van der Waals surface area (Å²) in [6.07, 6.45) is -3.30. The molecule has 1 saturated carbocycles. The van der Waals surface area contributed by atoms with E-state index in [1.165, 1.54) is 13.0 Å². The lowest BCUT2D eigenvalue weighted by molar-refractivity contribution is -0.384. The van der Waals surface area contributed by atoms with E-state index in [-0.39, 0.29) is 27.3 Å². The number of anilines is 1. The second-order valence-corrected chi connectivity index (χ2v) is 7.32. The number of rotatable bonds is 5. The van der Waals surface area contributed by atoms with Gasteiger partial charge in [-0.15, -0.1) is 0 Å². The van der Waals surface area contributed by atoms with Crippen LogP contribution in [0.1, 0.15) is 48.7 Å². The van der Waals surface area contributed by atoms with Crippen LogP contribution < -0.4 is 5.32 Å². The summed E-state index contributed by atoms with van der Waals surface area (Å²) in [6, 6.07) is 3.95. The van der Waals surface area contributed by atoms with Crippen LogP contribution in [-0.4, -0.2) is 20.6 Å². The van der Waals surface area contributed by atoms with E-state index in [2.05, 4.69) is 26.3 Å². The number of non-ortho nitro benzene ring substituents is 1. The maximum atomic E-state index is 13.2. The number of hydrogen-bond acceptors (Lipinski definition) is 5. The highest BCUT2D eigenvalue weighted by atomic mass is 79.9. The molecule has 1 aromatic carbocycles. The minimum Gasteiger partial charge on any atom is -0.323 e. The lowest BCUT2D eigenvalue weighted by Gasteiger charge is -2.16. The van der Waals surface area contributed by atoms with Crippen molar-refractivity contribution in [3.05, 3.63) is 49.7 Å². The van der Waals surface area contributed by atoms with Gasteiger partial charge in [0, 0.05) is 18.1 Å². The van der Waals surface area contributed by atoms with Gasteiger partial charge in [0.05, 0.1) is 26.3 Å². The van der Waals surface area contributed by atoms with Crippen LogP contribution in [-0.2, 0) is 11.0 Å². The quantitative estimate of drug-likeness (QED) is 0.508. The number of carbonyl (C=O) groups is 1. The monoisotopic (exact) mass is 471 g/mol. The van der Waals surface area contributed by atoms with Crippen LogP contribution in [0.25, 0.3) is 0 Å². The van der Waals surface area contributed by atoms with Crippen molar-refractivity contribution >= 4 is 33.2 Å². The molecule has 2 aromatic rings. The molecule has 1 heterocycles. The second-order valence-electron chi connectivity index (χ2n) is 6.53. The van der Waals surface area contributed by atoms with E-state index < -0.39 is 28.7 Å². The predicted octanol–water partition coefficient (Wildman–Crippen LogP) is 4.52. The average molecular weight is 472 g/mol. The molecule has 0 bridgehead atoms. The number of nitrogens with zero attached hydrogens (tertiary/aromatic N) is 4. The highest BCUT2D eigenvalue weighted by Gasteiger charge is 2.43. The minimum atomic E-state index is -4.68. The zero-order valence-electron chi connectivity index (χ0n) is 14.8. The molecular formula is C17H13BrF3N5O3. The molecule has 1 unspecified atom stereocenters. The van der Waals surface area contributed by atoms with Gasteiger partial charge in [-0.25, -0.2) is 0 Å². The van der Waals surface area contributed by atoms with E-state index in [1.54, 1.807) is 6.07 Å². The lowest BCUT2D eigenvalue weighted by Crippen LogP contribution is -2.26. The highest BCUT2D eigenvalue weighted by Crippen LogP contribution is 2.47. The number of benzene rings is 1. The Morgan fingerprint density at radius 3 is 2.66 bits per heavy atom. The molecule has 0 saturated heterocycles. The van der Waals surface area contributed by atoms with Gasteiger partial charge in [0.1, 0.15) is 12.1 Å². The summed E-state index contributed by atoms with van der Waals surface area (Å²) in [5.74, 6) is -0.835. The Morgan fingerprint density at radius 1 is 1.48 bits per heavy atom. The molecular weight excluding hydrogens is 459 g/mol. The molecule has 152 valence electrons. The Balaban J connectivity index is 1.92. The van der Waals surface area contributed by atoms with Crippen molar-refractivity contribution in [2.45, 2.75) is 37.9 Å². The number of alkyl halides is 3. The largest absolute Gasteiger partial charge is 0.436 e. The number of halogens is 4. The number of nitro benzene ring substituents is 1. The average Bonchev–Trinajstić information content (AvgIpc) is 3.42. The fourth-order valence-corrected chi connectivity index (χ4v) is 3.63. The van der Waals surface area contributed by atoms with Crippen molar-refractivity contribution in [1.29, 1.82) is 5.26 Å². The first-order chi connectivity index (χ1) is 13.5. The molecule has 1 aliphatic carbocycles. The summed E-state index contributed by atoms with van der Waals surface area (Å²) in [7, 11) is 0. The van der Waals surface area contributed by atoms with Crippen LogP contribution in [0.15, 0.2) is 22.7 Å². The Morgan fingerprint density at radius 2 is 2.14 bits per heavy atom. The van der Waals surface area contributed by atoms with Crippen molar-refractivity contribution in [3.8, 4) is 6.07 Å². The number of amides is 1. The number of aromatic nitrogens is 2. The molecule has 29 heavy (non-hydrogen) atoms. The number of nitrogens with one attached hydrogen (secondary N) is 1. The van der Waals surface area contributed by atoms with E-state index in [4.69, 9.17) is 0 Å². The first kappa shape index (κ1) is 20.8. The van der Waals surface area contributed by atoms with E-state index in [0.29, 0.717) is 18.5 Å². The third-order valence-electron chi connectivity index (χ3n) is 4.46. The summed E-state index contributed by atoms with van der Waals surface area (Å²) in [6.45, 7) is 1.39. The van der Waals surface area contributed by atoms with Gasteiger partial charge in [-0.3, -0.25) is 19.6 Å². The molecule has 1 aliphatic rings. The van der Waals surface area contributed by atoms with Crippen molar-refractivity contribution in [1.82, 2.24) is 9.78 Å². The fraction of sp³-hybridized carbons (Fsp3) is 0.353. The zero-order chi connectivity index (χ0) is 21.5. The van der Waals surface area contributed by atoms with Crippen molar-refractivity contribution in [3.63, 3.8) is 0 Å². The molecule has 1 aromatic heterocycles. The molecule has 1 N–H and O–H groups in total. The Kier molecular flexibility index (Phi) is 5.36. The summed E-state index contributed by atoms with van der Waals surface area (Å²) in [5.41, 5.74) is -1.25. The maximum Gasteiger partial charge on any atom is 0.436 e. The Bertz CT molecular complexity index is 1040. The first-order valence-corrected chi connectivity index (χ1v) is 9.18. The topological polar surface area (TPSA) is 114 Å². The van der Waals surface area contributed by atoms with Crippen LogP contribution >= 0.6 is 15.9 Å². The number of nitro groups is 1. The molecule has 0 radical (unpaired) electrons. The zero-order valence-corrected chi connectivity index (χ0v) is 16.4. The summed E-state index contributed by atoms with van der Waals surface area (Å²) in [4.78, 5) is 22.8. The number of nitriles is 1. The van der Waals surface area contributed by atoms with Crippen LogP contribution in [0.2, 0.25) is 0 Å². The summed E-state index contributed by atoms with van der Waals surface area (Å²) < 4.78 is 40.6. The van der Waals surface area contributed by atoms with E-state index >= 15 is 0 Å². The van der Waals surface area contributed by atoms with Crippen molar-refractivity contribution in [2.75, 3.05) is 5.32 Å². The number of hydrogen-bond donors (Lipinski definition) is 1. The van der Waals surface area contributed by atoms with Crippen LogP contribution in [0.4, 0.5) is 24.5 Å². The standard InChI is InChI=1S/C17H13BrF3N5O3/c1-8(16(27)23-12-5-4-11(26(28)29)6-10(12)7-22)25-14(9-2-3-9)13(18)15(24-25)17(19,20)21/h4-6,8-9H,2-3H2,1H3,(H,23,27). The van der Waals surface area contributed by atoms with E-state index in [1.807, 2.05) is 0 Å². The van der Waals surface area contributed by atoms with Gasteiger partial charge in [-0.05, 0) is 41.8 Å². The smallest absolute Gasteiger partial charge is 0.323 e. The van der Waals surface area contributed by atoms with Gasteiger partial charge in [-0.2, -0.15) is 23.5 Å². The van der Waals surface area contributed by atoms with Crippen LogP contribution in [0.3, 0.4) is 0 Å². The lowest BCUT2D eigenvalue weighted by atomic mass is 10.1. The van der Waals surface area contributed by atoms with Crippen LogP contribution in [0, 0.1) is 21.4 Å². The fourth-order valence-electron chi connectivity index (χ4n) is 2.82. The molecule has 8 nitrogen and oxygen atoms in total. The van der Waals surface area contributed by atoms with Crippen molar-refractivity contribution < 1.29 is 22.9 Å². The highest BCUT2D eigenvalue weighted by molar-refractivity contribution is 9.10. The van der Waals surface area contributed by atoms with E-state index in [0.717, 1.165) is 16.8 Å². The SMILES string of the molecule is CC(C(=O)Nc1ccc([N+](=O)[O-])cc1C#N)n1nc(C(F)(F)F)c(Br)c1C1CC1. The molecule has 3 rings (SSSR count). The van der Waals surface area contributed by atoms with Gasteiger partial charge < -0.3 is 5.32 Å². The molecule has 1 amide bonds. The van der Waals surface area contributed by atoms with Crippen LogP contribution in [0.5, 0.6) is 0 Å². The van der Waals surface area contributed by atoms with Gasteiger partial charge >= 0.3 is 6.18 Å². The summed E-state index contributed by atoms with van der Waals surface area (Å²) in [5, 5.41) is 26.0. The third kappa shape index (κ3) is 4.09. The maximum absolute atomic E-state index is 13.2. The van der Waals surface area contributed by atoms with Gasteiger partial charge in [0.2, 0.25) is 5.91 Å². The number of carbonyl (C=O) groups excluding carboxylic acids is 1. The van der Waals surface area contributed by atoms with Gasteiger partial charge in [-0.1, -0.05) is 0 Å². The Hall–Kier alpha value is -2.94. The Labute approximate surface area is 170 Å². The van der Waals surface area contributed by atoms with E-state index in [9.17, 15) is 33.3 Å². The molecule has 1 atom stereocenters. The third-order valence-corrected chi connectivity index (χ3v) is 5.24. The second kappa shape index (κ2) is 7.47. The van der Waals surface area contributed by atoms with Crippen molar-refractivity contribution in [2.24, 2.45) is 0 Å². The molecule has 1 fully saturated rings. The molecule has 12 heteroatoms. The van der Waals surface area contributed by atoms with Gasteiger partial charge in [0.15, 0.2) is 5.69 Å². The summed E-state index contributed by atoms with van der Waals surface area (Å²) >= 11 is 2.97. The molecule has 0 spiro atoms. The first-order valence-electron chi connectivity index (χ1n) is 8.39. The minimum absolute atomic E-state index is 0.0187.